The first-order chi connectivity index (χ1) is 12.5. The molecule has 134 valence electrons. The fourth-order valence-corrected chi connectivity index (χ4v) is 3.96. The van der Waals surface area contributed by atoms with Crippen LogP contribution >= 0.6 is 0 Å². The smallest absolute Gasteiger partial charge is 0.281 e. The van der Waals surface area contributed by atoms with E-state index in [2.05, 4.69) is 5.32 Å². The van der Waals surface area contributed by atoms with Crippen molar-refractivity contribution in [2.24, 2.45) is 5.41 Å². The van der Waals surface area contributed by atoms with E-state index in [1.54, 1.807) is 12.1 Å². The van der Waals surface area contributed by atoms with Crippen LogP contribution in [0, 0.1) is 11.2 Å². The maximum atomic E-state index is 13.3. The van der Waals surface area contributed by atoms with E-state index in [1.807, 2.05) is 6.07 Å². The number of halogens is 1. The number of amides is 2. The fraction of sp³-hybridized carbons (Fsp3) is 0.300. The van der Waals surface area contributed by atoms with Crippen LogP contribution in [0.4, 0.5) is 10.1 Å². The summed E-state index contributed by atoms with van der Waals surface area (Å²) in [5.41, 5.74) is 2.19. The Morgan fingerprint density at radius 3 is 2.73 bits per heavy atom. The number of aryl methyl sites for hydroxylation is 1. The highest BCUT2D eigenvalue weighted by Crippen LogP contribution is 2.41. The van der Waals surface area contributed by atoms with Crippen LogP contribution in [0.25, 0.3) is 0 Å². The van der Waals surface area contributed by atoms with Gasteiger partial charge in [-0.05, 0) is 61.1 Å². The highest BCUT2D eigenvalue weighted by atomic mass is 19.1. The Hall–Kier alpha value is -2.73. The monoisotopic (exact) mass is 354 g/mol. The maximum absolute atomic E-state index is 13.3. The summed E-state index contributed by atoms with van der Waals surface area (Å²) in [5, 5.41) is 13.5. The topological polar surface area (TPSA) is 69.6 Å². The number of fused-ring (bicyclic) bond motifs is 1. The number of rotatable bonds is 2. The van der Waals surface area contributed by atoms with Gasteiger partial charge in [0.05, 0.1) is 11.1 Å². The van der Waals surface area contributed by atoms with Crippen molar-refractivity contribution in [1.82, 2.24) is 5.32 Å². The summed E-state index contributed by atoms with van der Waals surface area (Å²) < 4.78 is 13.3. The molecule has 5 nitrogen and oxygen atoms in total. The van der Waals surface area contributed by atoms with Crippen molar-refractivity contribution in [3.05, 3.63) is 65.0 Å². The van der Waals surface area contributed by atoms with Crippen LogP contribution < -0.4 is 10.4 Å². The van der Waals surface area contributed by atoms with Crippen molar-refractivity contribution in [2.75, 3.05) is 11.6 Å². The predicted molar refractivity (Wildman–Crippen MR) is 93.5 cm³/mol. The van der Waals surface area contributed by atoms with Gasteiger partial charge in [0.25, 0.3) is 5.91 Å². The molecule has 1 aliphatic heterocycles. The van der Waals surface area contributed by atoms with Crippen molar-refractivity contribution in [1.29, 1.82) is 0 Å². The molecular weight excluding hydrogens is 335 g/mol. The van der Waals surface area contributed by atoms with E-state index in [0.717, 1.165) is 43.0 Å². The summed E-state index contributed by atoms with van der Waals surface area (Å²) in [7, 11) is 0. The van der Waals surface area contributed by atoms with E-state index in [0.29, 0.717) is 17.0 Å². The van der Waals surface area contributed by atoms with E-state index < -0.39 is 11.7 Å². The Morgan fingerprint density at radius 1 is 1.15 bits per heavy atom. The van der Waals surface area contributed by atoms with Gasteiger partial charge in [0.15, 0.2) is 0 Å². The molecule has 1 spiro atoms. The van der Waals surface area contributed by atoms with Crippen LogP contribution in [0.2, 0.25) is 0 Å². The van der Waals surface area contributed by atoms with Crippen molar-refractivity contribution in [3.63, 3.8) is 0 Å². The Bertz CT molecular complexity index is 898. The predicted octanol–water partition coefficient (Wildman–Crippen LogP) is 2.86. The number of carbonyl (C=O) groups is 2. The Morgan fingerprint density at radius 2 is 2.00 bits per heavy atom. The molecule has 0 radical (unpaired) electrons. The van der Waals surface area contributed by atoms with Gasteiger partial charge in [-0.3, -0.25) is 14.8 Å². The number of carbonyl (C=O) groups excluding carboxylic acids is 2. The average molecular weight is 354 g/mol. The Balaban J connectivity index is 1.58. The molecule has 4 rings (SSSR count). The first-order valence-electron chi connectivity index (χ1n) is 8.68. The quantitative estimate of drug-likeness (QED) is 0.644. The molecule has 0 saturated carbocycles. The minimum atomic E-state index is -0.614. The number of anilines is 1. The lowest BCUT2D eigenvalue weighted by molar-refractivity contribution is -0.128. The van der Waals surface area contributed by atoms with Crippen LogP contribution in [-0.4, -0.2) is 23.6 Å². The number of nitrogens with zero attached hydrogens (tertiary/aromatic N) is 1. The second-order valence-electron chi connectivity index (χ2n) is 7.04. The second kappa shape index (κ2) is 6.21. The minimum Gasteiger partial charge on any atom is -0.356 e. The number of hydroxylamine groups is 1. The van der Waals surface area contributed by atoms with Gasteiger partial charge in [0, 0.05) is 18.2 Å². The SMILES string of the molecule is O=C(c1ccc2c(c1)CC[C@]1(CCNC1=O)C2)N(O)c1cccc(F)c1. The molecular formula is C20H19FN2O3. The van der Waals surface area contributed by atoms with E-state index in [9.17, 15) is 19.2 Å². The number of hydrogen-bond acceptors (Lipinski definition) is 3. The van der Waals surface area contributed by atoms with Crippen LogP contribution in [-0.2, 0) is 17.6 Å². The molecule has 0 unspecified atom stereocenters. The van der Waals surface area contributed by atoms with Gasteiger partial charge < -0.3 is 5.32 Å². The molecule has 2 aliphatic rings. The zero-order chi connectivity index (χ0) is 18.3. The first-order valence-corrected chi connectivity index (χ1v) is 8.68. The fourth-order valence-electron chi connectivity index (χ4n) is 3.96. The standard InChI is InChI=1S/C20H19FN2O3/c21-16-2-1-3-17(11-16)23(26)18(24)14-4-5-15-12-20(7-6-13(15)10-14)8-9-22-19(20)25/h1-5,10-11,26H,6-9,12H2,(H,22,25)/t20-/m0/s1. The number of nitrogens with one attached hydrogen (secondary N) is 1. The average Bonchev–Trinajstić information content (AvgIpc) is 3.00. The second-order valence-corrected chi connectivity index (χ2v) is 7.04. The molecule has 2 aromatic carbocycles. The van der Waals surface area contributed by atoms with E-state index in [-0.39, 0.29) is 17.0 Å². The van der Waals surface area contributed by atoms with Crippen LogP contribution in [0.1, 0.15) is 34.3 Å². The van der Waals surface area contributed by atoms with Gasteiger partial charge in [-0.25, -0.2) is 4.39 Å². The lowest BCUT2D eigenvalue weighted by Gasteiger charge is -2.32. The van der Waals surface area contributed by atoms with Crippen LogP contribution in [0.3, 0.4) is 0 Å². The molecule has 2 amide bonds. The lowest BCUT2D eigenvalue weighted by atomic mass is 9.70. The third-order valence-corrected chi connectivity index (χ3v) is 5.47. The number of benzene rings is 2. The number of hydrogen-bond donors (Lipinski definition) is 2. The van der Waals surface area contributed by atoms with Crippen molar-refractivity contribution in [2.45, 2.75) is 25.7 Å². The molecule has 1 saturated heterocycles. The maximum Gasteiger partial charge on any atom is 0.281 e. The molecule has 2 N–H and O–H groups in total. The molecule has 2 aromatic rings. The van der Waals surface area contributed by atoms with Gasteiger partial charge in [-0.15, -0.1) is 0 Å². The molecule has 1 fully saturated rings. The van der Waals surface area contributed by atoms with Gasteiger partial charge in [-0.2, -0.15) is 5.06 Å². The molecule has 1 atom stereocenters. The third-order valence-electron chi connectivity index (χ3n) is 5.47. The summed E-state index contributed by atoms with van der Waals surface area (Å²) >= 11 is 0. The van der Waals surface area contributed by atoms with E-state index in [1.165, 1.54) is 18.2 Å². The first kappa shape index (κ1) is 16.7. The molecule has 26 heavy (non-hydrogen) atoms. The van der Waals surface area contributed by atoms with Gasteiger partial charge >= 0.3 is 0 Å². The van der Waals surface area contributed by atoms with Crippen molar-refractivity contribution >= 4 is 17.5 Å². The summed E-state index contributed by atoms with van der Waals surface area (Å²) in [6.07, 6.45) is 3.00. The molecule has 0 bridgehead atoms. The largest absolute Gasteiger partial charge is 0.356 e. The van der Waals surface area contributed by atoms with Gasteiger partial charge in [-0.1, -0.05) is 12.1 Å². The van der Waals surface area contributed by atoms with Crippen molar-refractivity contribution in [3.8, 4) is 0 Å². The van der Waals surface area contributed by atoms with E-state index >= 15 is 0 Å². The summed E-state index contributed by atoms with van der Waals surface area (Å²) in [5.74, 6) is -1.02. The highest BCUT2D eigenvalue weighted by Gasteiger charge is 2.44. The van der Waals surface area contributed by atoms with Gasteiger partial charge in [0.1, 0.15) is 5.82 Å². The molecule has 1 aliphatic carbocycles. The summed E-state index contributed by atoms with van der Waals surface area (Å²) in [6, 6.07) is 10.5. The van der Waals surface area contributed by atoms with Crippen molar-refractivity contribution < 1.29 is 19.2 Å². The van der Waals surface area contributed by atoms with Crippen LogP contribution in [0.15, 0.2) is 42.5 Å². The van der Waals surface area contributed by atoms with Crippen LogP contribution in [0.5, 0.6) is 0 Å². The zero-order valence-corrected chi connectivity index (χ0v) is 14.2. The Labute approximate surface area is 150 Å². The third kappa shape index (κ3) is 2.76. The summed E-state index contributed by atoms with van der Waals surface area (Å²) in [4.78, 5) is 24.7. The minimum absolute atomic E-state index is 0.0781. The molecule has 0 aromatic heterocycles. The molecule has 6 heteroatoms. The zero-order valence-electron chi connectivity index (χ0n) is 14.2. The Kier molecular flexibility index (Phi) is 4.00. The molecule has 1 heterocycles. The summed E-state index contributed by atoms with van der Waals surface area (Å²) in [6.45, 7) is 0.720. The highest BCUT2D eigenvalue weighted by molar-refractivity contribution is 6.04. The van der Waals surface area contributed by atoms with E-state index in [4.69, 9.17) is 0 Å². The van der Waals surface area contributed by atoms with Gasteiger partial charge in [0.2, 0.25) is 5.91 Å². The lowest BCUT2D eigenvalue weighted by Crippen LogP contribution is -2.36. The normalized spacial score (nSPS) is 21.4.